The maximum Gasteiger partial charge on any atom is 0.332 e. The van der Waals surface area contributed by atoms with E-state index in [1.54, 1.807) is 48.5 Å². The molecule has 2 atom stereocenters. The molecule has 0 unspecified atom stereocenters. The number of rotatable bonds is 5. The van der Waals surface area contributed by atoms with Gasteiger partial charge in [0.1, 0.15) is 23.7 Å². The zero-order chi connectivity index (χ0) is 29.0. The van der Waals surface area contributed by atoms with Crippen molar-refractivity contribution in [1.29, 1.82) is 0 Å². The molecular formula is C33H24F2N4O3. The minimum atomic E-state index is -0.824. The molecule has 2 aliphatic rings. The summed E-state index contributed by atoms with van der Waals surface area (Å²) in [5.41, 5.74) is 4.26. The Kier molecular flexibility index (Phi) is 6.08. The molecule has 5 aromatic rings. The Bertz CT molecular complexity index is 1870. The largest absolute Gasteiger partial charge is 0.356 e. The number of aromatic amines is 1. The quantitative estimate of drug-likeness (QED) is 0.263. The number of amides is 4. The fourth-order valence-electron chi connectivity index (χ4n) is 6.03. The van der Waals surface area contributed by atoms with Crippen LogP contribution in [0.3, 0.4) is 0 Å². The second kappa shape index (κ2) is 9.95. The van der Waals surface area contributed by atoms with E-state index in [1.807, 2.05) is 24.3 Å². The van der Waals surface area contributed by atoms with Gasteiger partial charge in [-0.3, -0.25) is 14.5 Å². The van der Waals surface area contributed by atoms with Crippen LogP contribution in [-0.2, 0) is 17.8 Å². The summed E-state index contributed by atoms with van der Waals surface area (Å²) < 4.78 is 27.2. The number of halogens is 2. The molecule has 7 rings (SSSR count). The molecule has 0 aliphatic carbocycles. The fraction of sp³-hybridized carbons (Fsp3) is 0.121. The number of carbonyl (C=O) groups excluding carboxylic acids is 3. The Hall–Kier alpha value is -5.31. The molecule has 1 saturated heterocycles. The number of urea groups is 1. The van der Waals surface area contributed by atoms with Crippen LogP contribution in [0.25, 0.3) is 10.9 Å². The van der Waals surface area contributed by atoms with Gasteiger partial charge in [-0.15, -0.1) is 0 Å². The number of hydrogen-bond donors (Lipinski definition) is 2. The molecule has 0 saturated carbocycles. The van der Waals surface area contributed by atoms with Gasteiger partial charge >= 0.3 is 6.03 Å². The Morgan fingerprint density at radius 2 is 1.52 bits per heavy atom. The lowest BCUT2D eigenvalue weighted by Crippen LogP contribution is -2.44. The van der Waals surface area contributed by atoms with Gasteiger partial charge in [-0.25, -0.2) is 18.5 Å². The highest BCUT2D eigenvalue weighted by Gasteiger charge is 2.53. The molecule has 4 amide bonds. The van der Waals surface area contributed by atoms with Crippen molar-refractivity contribution < 1.29 is 23.2 Å². The summed E-state index contributed by atoms with van der Waals surface area (Å²) in [5.74, 6) is -1.71. The van der Waals surface area contributed by atoms with Crippen LogP contribution in [-0.4, -0.2) is 33.8 Å². The molecule has 7 nitrogen and oxygen atoms in total. The lowest BCUT2D eigenvalue weighted by atomic mass is 9.89. The van der Waals surface area contributed by atoms with E-state index >= 15 is 0 Å². The standard InChI is InChI=1S/C33H24F2N4O3/c34-21-13-9-19(10-14-21)18-36-31(40)24-6-2-4-8-27(24)39-32(41)28-17-25-23-5-1-3-7-26(23)37-29(25)30(38(28)33(39)42)20-11-15-22(35)16-12-20/h1-16,28,30,37H,17-18H2,(H,36,40)/t28-,30+/m0/s1. The van der Waals surface area contributed by atoms with Crippen LogP contribution in [0.4, 0.5) is 19.3 Å². The number of nitrogens with zero attached hydrogens (tertiary/aromatic N) is 2. The molecule has 208 valence electrons. The summed E-state index contributed by atoms with van der Waals surface area (Å²) in [6, 6.07) is 23.8. The van der Waals surface area contributed by atoms with Crippen molar-refractivity contribution in [3.8, 4) is 0 Å². The number of hydrogen-bond acceptors (Lipinski definition) is 3. The van der Waals surface area contributed by atoms with Crippen molar-refractivity contribution in [2.75, 3.05) is 4.90 Å². The third-order valence-corrected chi connectivity index (χ3v) is 7.99. The molecular weight excluding hydrogens is 538 g/mol. The second-order valence-electron chi connectivity index (χ2n) is 10.4. The molecule has 42 heavy (non-hydrogen) atoms. The first-order valence-corrected chi connectivity index (χ1v) is 13.5. The van der Waals surface area contributed by atoms with E-state index in [9.17, 15) is 23.2 Å². The van der Waals surface area contributed by atoms with E-state index in [0.717, 1.165) is 27.1 Å². The number of nitrogens with one attached hydrogen (secondary N) is 2. The third-order valence-electron chi connectivity index (χ3n) is 7.99. The number of anilines is 1. The second-order valence-corrected chi connectivity index (χ2v) is 10.4. The van der Waals surface area contributed by atoms with Crippen LogP contribution >= 0.6 is 0 Å². The lowest BCUT2D eigenvalue weighted by Gasteiger charge is -2.36. The molecule has 9 heteroatoms. The summed E-state index contributed by atoms with van der Waals surface area (Å²) >= 11 is 0. The van der Waals surface area contributed by atoms with Crippen molar-refractivity contribution in [1.82, 2.24) is 15.2 Å². The summed E-state index contributed by atoms with van der Waals surface area (Å²) in [5, 5.41) is 3.75. The fourth-order valence-corrected chi connectivity index (χ4v) is 6.03. The zero-order valence-corrected chi connectivity index (χ0v) is 22.2. The third kappa shape index (κ3) is 4.13. The van der Waals surface area contributed by atoms with Crippen LogP contribution in [0.2, 0.25) is 0 Å². The van der Waals surface area contributed by atoms with Gasteiger partial charge in [0.15, 0.2) is 0 Å². The number of fused-ring (bicyclic) bond motifs is 4. The van der Waals surface area contributed by atoms with Gasteiger partial charge in [-0.2, -0.15) is 0 Å². The predicted octanol–water partition coefficient (Wildman–Crippen LogP) is 5.86. The number of carbonyl (C=O) groups is 3. The van der Waals surface area contributed by atoms with Crippen molar-refractivity contribution in [2.45, 2.75) is 25.0 Å². The van der Waals surface area contributed by atoms with Crippen molar-refractivity contribution >= 4 is 34.4 Å². The van der Waals surface area contributed by atoms with Gasteiger partial charge in [0.2, 0.25) is 0 Å². The van der Waals surface area contributed by atoms with Gasteiger partial charge in [0, 0.05) is 29.6 Å². The summed E-state index contributed by atoms with van der Waals surface area (Å²) in [6.45, 7) is 0.137. The number of aromatic nitrogens is 1. The van der Waals surface area contributed by atoms with Crippen molar-refractivity contribution in [2.24, 2.45) is 0 Å². The highest BCUT2D eigenvalue weighted by Crippen LogP contribution is 2.45. The van der Waals surface area contributed by atoms with E-state index in [1.165, 1.54) is 29.2 Å². The van der Waals surface area contributed by atoms with E-state index in [0.29, 0.717) is 11.1 Å². The zero-order valence-electron chi connectivity index (χ0n) is 22.2. The van der Waals surface area contributed by atoms with Crippen LogP contribution in [0, 0.1) is 11.6 Å². The van der Waals surface area contributed by atoms with Crippen molar-refractivity contribution in [3.05, 3.63) is 137 Å². The normalized spacial score (nSPS) is 17.9. The number of H-pyrrole nitrogens is 1. The highest BCUT2D eigenvalue weighted by molar-refractivity contribution is 6.24. The maximum absolute atomic E-state index is 14.2. The monoisotopic (exact) mass is 562 g/mol. The van der Waals surface area contributed by atoms with Gasteiger partial charge in [-0.1, -0.05) is 54.6 Å². The summed E-state index contributed by atoms with van der Waals surface area (Å²) in [4.78, 5) is 47.6. The highest BCUT2D eigenvalue weighted by atomic mass is 19.1. The van der Waals surface area contributed by atoms with Crippen LogP contribution in [0.5, 0.6) is 0 Å². The van der Waals surface area contributed by atoms with Crippen molar-refractivity contribution in [3.63, 3.8) is 0 Å². The first-order chi connectivity index (χ1) is 20.4. The number of para-hydroxylation sites is 2. The molecule has 0 radical (unpaired) electrons. The average molecular weight is 563 g/mol. The van der Waals surface area contributed by atoms with E-state index in [-0.39, 0.29) is 30.0 Å². The Labute approximate surface area is 239 Å². The van der Waals surface area contributed by atoms with E-state index in [4.69, 9.17) is 0 Å². The van der Waals surface area contributed by atoms with Gasteiger partial charge in [0.25, 0.3) is 11.8 Å². The van der Waals surface area contributed by atoms with Gasteiger partial charge in [0.05, 0.1) is 11.3 Å². The molecule has 0 spiro atoms. The topological polar surface area (TPSA) is 85.5 Å². The molecule has 2 aliphatic heterocycles. The minimum Gasteiger partial charge on any atom is -0.356 e. The maximum atomic E-state index is 14.2. The Morgan fingerprint density at radius 1 is 0.857 bits per heavy atom. The summed E-state index contributed by atoms with van der Waals surface area (Å²) in [6.07, 6.45) is 0.289. The molecule has 3 heterocycles. The summed E-state index contributed by atoms with van der Waals surface area (Å²) in [7, 11) is 0. The Morgan fingerprint density at radius 3 is 2.29 bits per heavy atom. The molecule has 1 fully saturated rings. The van der Waals surface area contributed by atoms with Crippen LogP contribution in [0.1, 0.15) is 38.8 Å². The van der Waals surface area contributed by atoms with E-state index in [2.05, 4.69) is 10.3 Å². The van der Waals surface area contributed by atoms with E-state index < -0.39 is 35.7 Å². The van der Waals surface area contributed by atoms with Crippen LogP contribution < -0.4 is 10.2 Å². The average Bonchev–Trinajstić information content (AvgIpc) is 3.50. The minimum absolute atomic E-state index is 0.137. The lowest BCUT2D eigenvalue weighted by molar-refractivity contribution is -0.120. The molecule has 1 aromatic heterocycles. The SMILES string of the molecule is O=C(NCc1ccc(F)cc1)c1ccccc1N1C(=O)[C@@H]2Cc3c([nH]c4ccccc34)[C@@H](c3ccc(F)cc3)N2C1=O. The van der Waals surface area contributed by atoms with Gasteiger partial charge < -0.3 is 10.3 Å². The predicted molar refractivity (Wildman–Crippen MR) is 153 cm³/mol. The molecule has 2 N–H and O–H groups in total. The smallest absolute Gasteiger partial charge is 0.332 e. The van der Waals surface area contributed by atoms with Crippen LogP contribution in [0.15, 0.2) is 97.1 Å². The first-order valence-electron chi connectivity index (χ1n) is 13.5. The molecule has 0 bridgehead atoms. The van der Waals surface area contributed by atoms with Gasteiger partial charge in [-0.05, 0) is 59.2 Å². The first kappa shape index (κ1) is 25.6. The number of benzene rings is 4. The Balaban J connectivity index is 1.27. The molecule has 4 aromatic carbocycles. The number of imide groups is 1.